The van der Waals surface area contributed by atoms with Gasteiger partial charge in [0.25, 0.3) is 0 Å². The molecule has 172 valence electrons. The van der Waals surface area contributed by atoms with Crippen LogP contribution in [0.5, 0.6) is 0 Å². The first-order valence-corrected chi connectivity index (χ1v) is 13.6. The summed E-state index contributed by atoms with van der Waals surface area (Å²) < 4.78 is 27.1. The van der Waals surface area contributed by atoms with Crippen molar-refractivity contribution in [3.63, 3.8) is 0 Å². The van der Waals surface area contributed by atoms with E-state index in [0.717, 1.165) is 11.4 Å². The molecule has 1 N–H and O–H groups in total. The average molecular weight is 501 g/mol. The third kappa shape index (κ3) is 6.18. The Balaban J connectivity index is 1.28. The minimum Gasteiger partial charge on any atom is -0.326 e. The predicted octanol–water partition coefficient (Wildman–Crippen LogP) is 5.67. The molecule has 4 rings (SSSR count). The van der Waals surface area contributed by atoms with E-state index in [0.29, 0.717) is 31.0 Å². The van der Waals surface area contributed by atoms with Crippen LogP contribution in [0, 0.1) is 5.92 Å². The van der Waals surface area contributed by atoms with Crippen molar-refractivity contribution in [2.75, 3.05) is 18.4 Å². The van der Waals surface area contributed by atoms with Gasteiger partial charge in [-0.25, -0.2) is 8.42 Å². The van der Waals surface area contributed by atoms with E-state index in [1.807, 2.05) is 42.5 Å². The maximum absolute atomic E-state index is 12.8. The molecule has 8 heteroatoms. The summed E-state index contributed by atoms with van der Waals surface area (Å²) in [6, 6.07) is 24.3. The summed E-state index contributed by atoms with van der Waals surface area (Å²) in [6.45, 7) is 0.636. The number of rotatable bonds is 7. The Bertz CT molecular complexity index is 1180. The average Bonchev–Trinajstić information content (AvgIpc) is 2.84. The lowest BCUT2D eigenvalue weighted by Crippen LogP contribution is -2.41. The van der Waals surface area contributed by atoms with E-state index in [2.05, 4.69) is 17.4 Å². The van der Waals surface area contributed by atoms with E-state index >= 15 is 0 Å². The number of sulfonamides is 1. The fourth-order valence-corrected chi connectivity index (χ4v) is 6.20. The predicted molar refractivity (Wildman–Crippen MR) is 134 cm³/mol. The van der Waals surface area contributed by atoms with Gasteiger partial charge in [0.05, 0.1) is 4.90 Å². The summed E-state index contributed by atoms with van der Waals surface area (Å²) in [5.41, 5.74) is 1.94. The minimum atomic E-state index is -3.58. The normalized spacial score (nSPS) is 15.3. The molecule has 1 saturated heterocycles. The van der Waals surface area contributed by atoms with Gasteiger partial charge in [0.2, 0.25) is 15.9 Å². The van der Waals surface area contributed by atoms with Gasteiger partial charge in [-0.1, -0.05) is 41.9 Å². The molecule has 0 unspecified atom stereocenters. The number of anilines is 1. The maximum atomic E-state index is 12.8. The van der Waals surface area contributed by atoms with Crippen molar-refractivity contribution in [1.82, 2.24) is 4.31 Å². The van der Waals surface area contributed by atoms with Crippen molar-refractivity contribution in [2.24, 2.45) is 5.92 Å². The van der Waals surface area contributed by atoms with E-state index in [1.54, 1.807) is 23.9 Å². The molecule has 0 spiro atoms. The van der Waals surface area contributed by atoms with Crippen LogP contribution in [0.25, 0.3) is 0 Å². The summed E-state index contributed by atoms with van der Waals surface area (Å²) in [4.78, 5) is 14.2. The summed E-state index contributed by atoms with van der Waals surface area (Å²) in [6.07, 6.45) is 0.981. The first-order chi connectivity index (χ1) is 15.9. The Morgan fingerprint density at radius 2 is 1.58 bits per heavy atom. The van der Waals surface area contributed by atoms with Gasteiger partial charge in [-0.05, 0) is 66.9 Å². The van der Waals surface area contributed by atoms with Crippen molar-refractivity contribution in [3.05, 3.63) is 89.4 Å². The molecule has 5 nitrogen and oxygen atoms in total. The van der Waals surface area contributed by atoms with Crippen LogP contribution in [-0.2, 0) is 20.6 Å². The van der Waals surface area contributed by atoms with Crippen molar-refractivity contribution in [3.8, 4) is 0 Å². The number of carbonyl (C=O) groups is 1. The number of hydrogen-bond donors (Lipinski definition) is 1. The minimum absolute atomic E-state index is 0.0649. The summed E-state index contributed by atoms with van der Waals surface area (Å²) in [5, 5.41) is 3.47. The highest BCUT2D eigenvalue weighted by Crippen LogP contribution is 2.26. The van der Waals surface area contributed by atoms with Gasteiger partial charge in [0, 0.05) is 40.4 Å². The molecule has 0 bridgehead atoms. The third-order valence-corrected chi connectivity index (χ3v) is 8.89. The van der Waals surface area contributed by atoms with Gasteiger partial charge in [-0.3, -0.25) is 4.79 Å². The van der Waals surface area contributed by atoms with Gasteiger partial charge in [0.1, 0.15) is 0 Å². The highest BCUT2D eigenvalue weighted by Gasteiger charge is 2.32. The molecular weight excluding hydrogens is 476 g/mol. The highest BCUT2D eigenvalue weighted by molar-refractivity contribution is 7.98. The van der Waals surface area contributed by atoms with Crippen molar-refractivity contribution in [1.29, 1.82) is 0 Å². The molecule has 0 radical (unpaired) electrons. The van der Waals surface area contributed by atoms with Crippen LogP contribution < -0.4 is 5.32 Å². The molecule has 1 aliphatic rings. The maximum Gasteiger partial charge on any atom is 0.243 e. The smallest absolute Gasteiger partial charge is 0.243 e. The number of thioether (sulfide) groups is 1. The second-order valence-electron chi connectivity index (χ2n) is 7.92. The van der Waals surface area contributed by atoms with E-state index in [-0.39, 0.29) is 16.7 Å². The quantitative estimate of drug-likeness (QED) is 0.424. The SMILES string of the molecule is O=C(Nc1ccc(CSc2ccccc2)cc1)C1CCN(S(=O)(=O)c2ccc(Cl)cc2)CC1. The summed E-state index contributed by atoms with van der Waals surface area (Å²) in [7, 11) is -3.58. The molecule has 1 fully saturated rings. The fourth-order valence-electron chi connectivity index (χ4n) is 3.73. The first-order valence-electron chi connectivity index (χ1n) is 10.8. The van der Waals surface area contributed by atoms with E-state index in [1.165, 1.54) is 26.9 Å². The lowest BCUT2D eigenvalue weighted by Gasteiger charge is -2.30. The number of piperidine rings is 1. The summed E-state index contributed by atoms with van der Waals surface area (Å²) in [5.74, 6) is 0.582. The lowest BCUT2D eigenvalue weighted by atomic mass is 9.97. The molecule has 0 aliphatic carbocycles. The van der Waals surface area contributed by atoms with Gasteiger partial charge in [-0.15, -0.1) is 11.8 Å². The zero-order chi connectivity index (χ0) is 23.3. The van der Waals surface area contributed by atoms with Crippen LogP contribution in [0.4, 0.5) is 5.69 Å². The Morgan fingerprint density at radius 1 is 0.939 bits per heavy atom. The number of halogens is 1. The molecule has 1 aliphatic heterocycles. The van der Waals surface area contributed by atoms with Gasteiger partial charge in [0.15, 0.2) is 0 Å². The second kappa shape index (κ2) is 10.7. The molecule has 0 atom stereocenters. The van der Waals surface area contributed by atoms with Crippen molar-refractivity contribution in [2.45, 2.75) is 28.4 Å². The number of carbonyl (C=O) groups excluding carboxylic acids is 1. The van der Waals surface area contributed by atoms with E-state index < -0.39 is 10.0 Å². The molecule has 3 aromatic rings. The number of nitrogens with zero attached hydrogens (tertiary/aromatic N) is 1. The molecule has 1 amide bonds. The van der Waals surface area contributed by atoms with Gasteiger partial charge >= 0.3 is 0 Å². The number of hydrogen-bond acceptors (Lipinski definition) is 4. The lowest BCUT2D eigenvalue weighted by molar-refractivity contribution is -0.120. The Morgan fingerprint density at radius 3 is 2.21 bits per heavy atom. The second-order valence-corrected chi connectivity index (χ2v) is 11.3. The number of amides is 1. The van der Waals surface area contributed by atoms with E-state index in [4.69, 9.17) is 11.6 Å². The zero-order valence-electron chi connectivity index (χ0n) is 18.0. The number of nitrogens with one attached hydrogen (secondary N) is 1. The molecule has 1 heterocycles. The highest BCUT2D eigenvalue weighted by atomic mass is 35.5. The van der Waals surface area contributed by atoms with E-state index in [9.17, 15) is 13.2 Å². The van der Waals surface area contributed by atoms with Gasteiger partial charge < -0.3 is 5.32 Å². The largest absolute Gasteiger partial charge is 0.326 e. The standard InChI is InChI=1S/C25H25ClN2O3S2/c26-21-8-12-24(13-9-21)33(30,31)28-16-14-20(15-17-28)25(29)27-22-10-6-19(7-11-22)18-32-23-4-2-1-3-5-23/h1-13,20H,14-18H2,(H,27,29). The summed E-state index contributed by atoms with van der Waals surface area (Å²) >= 11 is 7.63. The fraction of sp³-hybridized carbons (Fsp3) is 0.240. The van der Waals surface area contributed by atoms with Crippen LogP contribution in [-0.4, -0.2) is 31.7 Å². The first kappa shape index (κ1) is 23.8. The zero-order valence-corrected chi connectivity index (χ0v) is 20.4. The monoisotopic (exact) mass is 500 g/mol. The topological polar surface area (TPSA) is 66.5 Å². The molecule has 0 saturated carbocycles. The Kier molecular flexibility index (Phi) is 7.75. The third-order valence-electron chi connectivity index (χ3n) is 5.65. The Labute approximate surface area is 204 Å². The van der Waals surface area contributed by atoms with Crippen LogP contribution >= 0.6 is 23.4 Å². The van der Waals surface area contributed by atoms with Gasteiger partial charge in [-0.2, -0.15) is 4.31 Å². The molecule has 3 aromatic carbocycles. The van der Waals surface area contributed by atoms with Crippen LogP contribution in [0.3, 0.4) is 0 Å². The van der Waals surface area contributed by atoms with Crippen LogP contribution in [0.2, 0.25) is 5.02 Å². The van der Waals surface area contributed by atoms with Crippen molar-refractivity contribution < 1.29 is 13.2 Å². The molecule has 0 aromatic heterocycles. The van der Waals surface area contributed by atoms with Crippen LogP contribution in [0.1, 0.15) is 18.4 Å². The number of benzene rings is 3. The van der Waals surface area contributed by atoms with Crippen LogP contribution in [0.15, 0.2) is 88.7 Å². The Hall–Kier alpha value is -2.32. The molecule has 33 heavy (non-hydrogen) atoms. The molecular formula is C25H25ClN2O3S2. The van der Waals surface area contributed by atoms with Crippen molar-refractivity contribution >= 4 is 45.0 Å².